The lowest BCUT2D eigenvalue weighted by Gasteiger charge is -2.26. The second-order valence-electron chi connectivity index (χ2n) is 18.7. The monoisotopic (exact) mass is 1080 g/mol. The van der Waals surface area contributed by atoms with Gasteiger partial charge in [-0.3, -0.25) is 0 Å². The van der Waals surface area contributed by atoms with Crippen molar-refractivity contribution >= 4 is 86.2 Å². The van der Waals surface area contributed by atoms with Gasteiger partial charge >= 0.3 is 11.9 Å². The van der Waals surface area contributed by atoms with Gasteiger partial charge in [0.1, 0.15) is 34.8 Å². The molecule has 11 nitrogen and oxygen atoms in total. The molecular weight excluding hydrogens is 1020 g/mol. The van der Waals surface area contributed by atoms with E-state index in [0.29, 0.717) is 29.5 Å². The number of hydrogen-bond acceptors (Lipinski definition) is 11. The molecule has 0 saturated carbocycles. The van der Waals surface area contributed by atoms with Crippen molar-refractivity contribution in [2.75, 3.05) is 18.1 Å². The molecule has 0 amide bonds. The molecule has 0 radical (unpaired) electrons. The number of ether oxygens (including phenoxy) is 2. The second-order valence-corrected chi connectivity index (χ2v) is 22.0. The zero-order chi connectivity index (χ0) is 54.1. The van der Waals surface area contributed by atoms with Crippen molar-refractivity contribution in [1.29, 1.82) is 10.5 Å². The van der Waals surface area contributed by atoms with Gasteiger partial charge in [0, 0.05) is 59.1 Å². The Morgan fingerprint density at radius 1 is 0.545 bits per heavy atom. The first-order valence-electron chi connectivity index (χ1n) is 26.5. The Bertz CT molecular complexity index is 3360. The maximum Gasteiger partial charge on any atom is 0.346 e. The Kier molecular flexibility index (Phi) is 19.7. The van der Waals surface area contributed by atoms with Crippen LogP contribution in [-0.2, 0) is 16.1 Å². The summed E-state index contributed by atoms with van der Waals surface area (Å²) in [6.45, 7) is 8.70. The number of unbranched alkanes of at least 4 members (excludes halogenated alkanes) is 9. The zero-order valence-electron chi connectivity index (χ0n) is 43.8. The Balaban J connectivity index is 1.17. The van der Waals surface area contributed by atoms with Gasteiger partial charge in [-0.25, -0.2) is 14.6 Å². The summed E-state index contributed by atoms with van der Waals surface area (Å²) in [5.41, 5.74) is 6.81. The van der Waals surface area contributed by atoms with Crippen molar-refractivity contribution < 1.29 is 29.3 Å². The molecule has 2 N–H and O–H groups in total. The molecule has 0 spiro atoms. The van der Waals surface area contributed by atoms with Crippen LogP contribution in [0.5, 0.6) is 11.5 Å². The van der Waals surface area contributed by atoms with Crippen LogP contribution in [0.25, 0.3) is 65.2 Å². The summed E-state index contributed by atoms with van der Waals surface area (Å²) < 4.78 is 14.6. The number of carboxylic acid groups (broad SMARTS) is 2. The summed E-state index contributed by atoms with van der Waals surface area (Å²) in [5, 5.41) is 38.3. The first-order chi connectivity index (χ1) is 37.6. The van der Waals surface area contributed by atoms with E-state index in [0.717, 1.165) is 133 Å². The number of benzene rings is 4. The molecule has 8 aromatic rings. The van der Waals surface area contributed by atoms with Crippen LogP contribution in [0, 0.1) is 22.7 Å². The summed E-state index contributed by atoms with van der Waals surface area (Å²) in [6, 6.07) is 44.8. The fourth-order valence-electron chi connectivity index (χ4n) is 9.11. The number of carbonyl (C=O) groups is 2. The molecule has 0 atom stereocenters. The number of aromatic nitrogens is 2. The number of aliphatic carboxylic acids is 2. The van der Waals surface area contributed by atoms with E-state index in [2.05, 4.69) is 97.0 Å². The Morgan fingerprint density at radius 3 is 1.49 bits per heavy atom. The molecule has 0 unspecified atom stereocenters. The summed E-state index contributed by atoms with van der Waals surface area (Å²) in [4.78, 5) is 36.4. The average molecular weight is 1080 g/mol. The number of carboxylic acids is 2. The molecule has 0 aliphatic carbocycles. The number of hydrogen-bond donors (Lipinski definition) is 2. The number of imidazole rings is 1. The van der Waals surface area contributed by atoms with Gasteiger partial charge in [0.25, 0.3) is 0 Å². The van der Waals surface area contributed by atoms with Crippen molar-refractivity contribution in [1.82, 2.24) is 9.55 Å². The lowest BCUT2D eigenvalue weighted by molar-refractivity contribution is -0.133. The molecule has 8 rings (SSSR count). The predicted octanol–water partition coefficient (Wildman–Crippen LogP) is 17.8. The van der Waals surface area contributed by atoms with Crippen LogP contribution in [0.2, 0.25) is 0 Å². The van der Waals surface area contributed by atoms with Crippen molar-refractivity contribution in [3.05, 3.63) is 142 Å². The normalized spacial score (nSPS) is 11.6. The van der Waals surface area contributed by atoms with E-state index in [4.69, 9.17) is 14.5 Å². The van der Waals surface area contributed by atoms with Crippen molar-refractivity contribution in [2.24, 2.45) is 0 Å². The summed E-state index contributed by atoms with van der Waals surface area (Å²) in [5.74, 6) is -0.0534. The molecule has 4 aromatic carbocycles. The fourth-order valence-corrected chi connectivity index (χ4v) is 12.1. The lowest BCUT2D eigenvalue weighted by atomic mass is 10.1. The molecular formula is C63H63N5O6S3. The Labute approximate surface area is 463 Å². The van der Waals surface area contributed by atoms with E-state index in [9.17, 15) is 30.3 Å². The van der Waals surface area contributed by atoms with E-state index < -0.39 is 11.9 Å². The molecule has 0 saturated heterocycles. The smallest absolute Gasteiger partial charge is 0.346 e. The van der Waals surface area contributed by atoms with E-state index >= 15 is 0 Å². The zero-order valence-corrected chi connectivity index (χ0v) is 46.2. The first kappa shape index (κ1) is 55.5. The van der Waals surface area contributed by atoms with E-state index in [-0.39, 0.29) is 11.1 Å². The third kappa shape index (κ3) is 14.0. The third-order valence-corrected chi connectivity index (χ3v) is 16.4. The van der Waals surface area contributed by atoms with Gasteiger partial charge in [-0.05, 0) is 134 Å². The minimum atomic E-state index is -1.29. The van der Waals surface area contributed by atoms with Crippen LogP contribution >= 0.6 is 34.0 Å². The molecule has 0 aliphatic rings. The standard InChI is InChI=1S/C63H63N5O6S3/c1-4-7-10-13-36-67-60-54(57-33-29-52(76-57)40-45(42-65)63(71)72)31-30-53(56-32-28-51(75-56)39-44(41-64)62(69)70)59(60)66-61(67)58-35-34-55(77-58)43-16-18-46(19-17-43)68(47-20-24-49(25-21-47)73-37-14-11-8-5-2)48-22-26-50(27-23-48)74-38-15-12-9-6-3/h16-35,39-40H,4-15,36-38H2,1-3H3,(H,69,70)(H,71,72)/b44-39+,45-40+. The highest BCUT2D eigenvalue weighted by Gasteiger charge is 2.24. The van der Waals surface area contributed by atoms with Crippen LogP contribution in [0.1, 0.15) is 108 Å². The van der Waals surface area contributed by atoms with Gasteiger partial charge in [0.05, 0.1) is 29.1 Å². The fraction of sp³-hybridized carbons (Fsp3) is 0.286. The number of thiophene rings is 3. The predicted molar refractivity (Wildman–Crippen MR) is 316 cm³/mol. The SMILES string of the molecule is CCCCCCOc1ccc(N(c2ccc(OCCCCCC)cc2)c2ccc(-c3ccc(-c4nc5c(-c6ccc(/C=C(\C#N)C(=O)O)s6)ccc(-c6ccc(/C=C(\C#N)C(=O)O)s6)c5n4CCCCCC)s3)cc2)cc1. The van der Waals surface area contributed by atoms with Crippen LogP contribution in [0.4, 0.5) is 17.1 Å². The highest BCUT2D eigenvalue weighted by molar-refractivity contribution is 7.19. The summed E-state index contributed by atoms with van der Waals surface area (Å²) in [6.07, 6.45) is 16.1. The first-order valence-corrected chi connectivity index (χ1v) is 29.0. The van der Waals surface area contributed by atoms with Gasteiger partial charge in [0.2, 0.25) is 0 Å². The minimum Gasteiger partial charge on any atom is -0.494 e. The van der Waals surface area contributed by atoms with E-state index in [1.807, 2.05) is 54.6 Å². The van der Waals surface area contributed by atoms with Crippen LogP contribution in [0.15, 0.2) is 132 Å². The van der Waals surface area contributed by atoms with Gasteiger partial charge in [-0.1, -0.05) is 103 Å². The number of aryl methyl sites for hydroxylation is 1. The number of anilines is 3. The highest BCUT2D eigenvalue weighted by Crippen LogP contribution is 2.45. The third-order valence-electron chi connectivity index (χ3n) is 13.1. The molecule has 0 bridgehead atoms. The highest BCUT2D eigenvalue weighted by atomic mass is 32.1. The Hall–Kier alpha value is -7.75. The maximum atomic E-state index is 11.8. The molecule has 14 heteroatoms. The van der Waals surface area contributed by atoms with Gasteiger partial charge < -0.3 is 29.2 Å². The molecule has 394 valence electrons. The molecule has 77 heavy (non-hydrogen) atoms. The topological polar surface area (TPSA) is 162 Å². The van der Waals surface area contributed by atoms with Gasteiger partial charge in [-0.2, -0.15) is 10.5 Å². The van der Waals surface area contributed by atoms with Gasteiger partial charge in [0.15, 0.2) is 5.82 Å². The van der Waals surface area contributed by atoms with Crippen LogP contribution in [0.3, 0.4) is 0 Å². The summed E-state index contributed by atoms with van der Waals surface area (Å²) in [7, 11) is 0. The average Bonchev–Trinajstić information content (AvgIpc) is 4.29. The largest absolute Gasteiger partial charge is 0.494 e. The second kappa shape index (κ2) is 27.3. The minimum absolute atomic E-state index is 0.347. The van der Waals surface area contributed by atoms with E-state index in [1.54, 1.807) is 23.5 Å². The van der Waals surface area contributed by atoms with Crippen LogP contribution < -0.4 is 14.4 Å². The number of nitrogens with zero attached hydrogens (tertiary/aromatic N) is 5. The van der Waals surface area contributed by atoms with Crippen molar-refractivity contribution in [3.8, 4) is 65.7 Å². The van der Waals surface area contributed by atoms with Crippen molar-refractivity contribution in [2.45, 2.75) is 104 Å². The Morgan fingerprint density at radius 2 is 1.00 bits per heavy atom. The van der Waals surface area contributed by atoms with E-state index in [1.165, 1.54) is 60.5 Å². The number of rotatable bonds is 28. The van der Waals surface area contributed by atoms with Crippen molar-refractivity contribution in [3.63, 3.8) is 0 Å². The maximum absolute atomic E-state index is 11.8. The molecule has 0 fully saturated rings. The van der Waals surface area contributed by atoms with Crippen LogP contribution in [-0.4, -0.2) is 44.9 Å². The number of nitriles is 2. The van der Waals surface area contributed by atoms with Gasteiger partial charge in [-0.15, -0.1) is 34.0 Å². The lowest BCUT2D eigenvalue weighted by Crippen LogP contribution is -2.10. The molecule has 4 heterocycles. The molecule has 4 aromatic heterocycles. The number of fused-ring (bicyclic) bond motifs is 1. The summed E-state index contributed by atoms with van der Waals surface area (Å²) >= 11 is 4.46. The quantitative estimate of drug-likeness (QED) is 0.0274. The molecule has 0 aliphatic heterocycles.